The van der Waals surface area contributed by atoms with E-state index in [1.165, 1.54) is 0 Å². The zero-order valence-corrected chi connectivity index (χ0v) is 17.5. The van der Waals surface area contributed by atoms with Gasteiger partial charge in [-0.1, -0.05) is 86.1 Å². The first-order valence-electron chi connectivity index (χ1n) is 9.37. The number of nitrogens with one attached hydrogen (secondary N) is 1. The summed E-state index contributed by atoms with van der Waals surface area (Å²) in [5.41, 5.74) is 1.24. The maximum absolute atomic E-state index is 12.8. The van der Waals surface area contributed by atoms with E-state index in [0.717, 1.165) is 5.56 Å². The molecule has 0 aromatic heterocycles. The Balaban J connectivity index is 2.05. The van der Waals surface area contributed by atoms with Gasteiger partial charge in [0.1, 0.15) is 12.6 Å². The number of esters is 2. The molecule has 2 rings (SSSR count). The Morgan fingerprint density at radius 1 is 0.900 bits per heavy atom. The van der Waals surface area contributed by atoms with Gasteiger partial charge in [0.15, 0.2) is 6.07 Å². The number of carbonyl (C=O) groups excluding carboxylic acids is 3. The van der Waals surface area contributed by atoms with E-state index in [1.807, 2.05) is 30.3 Å². The molecule has 7 nitrogen and oxygen atoms in total. The molecule has 2 aromatic carbocycles. The highest BCUT2D eigenvalue weighted by Gasteiger charge is 2.33. The molecule has 1 amide bonds. The third-order valence-electron chi connectivity index (χ3n) is 4.15. The summed E-state index contributed by atoms with van der Waals surface area (Å²) in [6.45, 7) is 3.53. The van der Waals surface area contributed by atoms with Crippen molar-refractivity contribution >= 4 is 29.6 Å². The minimum Gasteiger partial charge on any atom is -0.446 e. The maximum atomic E-state index is 12.8. The molecule has 0 aliphatic carbocycles. The zero-order valence-electron chi connectivity index (χ0n) is 16.7. The third-order valence-corrected chi connectivity index (χ3v) is 4.26. The predicted molar refractivity (Wildman–Crippen MR) is 110 cm³/mol. The Labute approximate surface area is 180 Å². The molecule has 2 aromatic rings. The lowest BCUT2D eigenvalue weighted by Gasteiger charge is -2.23. The van der Waals surface area contributed by atoms with Gasteiger partial charge in [-0.3, -0.25) is 0 Å². The summed E-state index contributed by atoms with van der Waals surface area (Å²) in [4.78, 5) is 37.2. The first-order chi connectivity index (χ1) is 14.4. The average Bonchev–Trinajstić information content (AvgIpc) is 2.75. The number of hydrogen-bond donors (Lipinski definition) is 1. The zero-order chi connectivity index (χ0) is 21.9. The molecule has 0 aliphatic heterocycles. The van der Waals surface area contributed by atoms with E-state index in [2.05, 4.69) is 5.32 Å². The van der Waals surface area contributed by atoms with Crippen LogP contribution in [-0.2, 0) is 30.4 Å². The summed E-state index contributed by atoms with van der Waals surface area (Å²) in [5, 5.41) is 2.50. The van der Waals surface area contributed by atoms with Crippen LogP contribution in [-0.4, -0.2) is 30.1 Å². The van der Waals surface area contributed by atoms with Crippen LogP contribution in [0, 0.1) is 5.92 Å². The van der Waals surface area contributed by atoms with Crippen molar-refractivity contribution in [3.8, 4) is 0 Å². The Morgan fingerprint density at radius 2 is 1.50 bits per heavy atom. The van der Waals surface area contributed by atoms with Gasteiger partial charge in [-0.2, -0.15) is 0 Å². The molecule has 1 N–H and O–H groups in total. The van der Waals surface area contributed by atoms with E-state index in [9.17, 15) is 14.4 Å². The maximum Gasteiger partial charge on any atom is 0.408 e. The molecule has 0 spiro atoms. The van der Waals surface area contributed by atoms with Gasteiger partial charge in [-0.15, -0.1) is 0 Å². The van der Waals surface area contributed by atoms with E-state index < -0.39 is 30.2 Å². The fourth-order valence-electron chi connectivity index (χ4n) is 2.59. The Morgan fingerprint density at radius 3 is 2.07 bits per heavy atom. The molecular formula is C22H24ClNO6. The summed E-state index contributed by atoms with van der Waals surface area (Å²) in [5.74, 6) is -1.91. The van der Waals surface area contributed by atoms with Crippen molar-refractivity contribution < 1.29 is 28.6 Å². The number of alkyl carbamates (subject to hydrolysis) is 1. The van der Waals surface area contributed by atoms with Crippen molar-refractivity contribution in [3.05, 3.63) is 71.8 Å². The normalized spacial score (nSPS) is 12.5. The van der Waals surface area contributed by atoms with Gasteiger partial charge in [0.2, 0.25) is 6.10 Å². The van der Waals surface area contributed by atoms with E-state index in [-0.39, 0.29) is 18.6 Å². The van der Waals surface area contributed by atoms with Crippen LogP contribution in [0.5, 0.6) is 0 Å². The highest BCUT2D eigenvalue weighted by atomic mass is 35.5. The number of ether oxygens (including phenoxy) is 3. The van der Waals surface area contributed by atoms with E-state index in [0.29, 0.717) is 5.56 Å². The minimum atomic E-state index is -1.30. The van der Waals surface area contributed by atoms with Crippen LogP contribution < -0.4 is 5.32 Å². The molecule has 0 saturated carbocycles. The molecule has 0 bridgehead atoms. The fourth-order valence-corrected chi connectivity index (χ4v) is 2.70. The smallest absolute Gasteiger partial charge is 0.408 e. The molecule has 0 fully saturated rings. The van der Waals surface area contributed by atoms with E-state index >= 15 is 0 Å². The number of alkyl halides is 1. The highest BCUT2D eigenvalue weighted by Crippen LogP contribution is 2.21. The number of amides is 1. The second kappa shape index (κ2) is 11.8. The van der Waals surface area contributed by atoms with Gasteiger partial charge in [0, 0.05) is 5.56 Å². The molecule has 2 atom stereocenters. The van der Waals surface area contributed by atoms with Gasteiger partial charge in [-0.05, 0) is 11.5 Å². The molecule has 160 valence electrons. The number of hydrogen-bond acceptors (Lipinski definition) is 6. The SMILES string of the molecule is CC(C)[C@H](NC(=O)OCc1ccccc1)C(=O)OC(C(=O)OCCl)c1ccccc1. The lowest BCUT2D eigenvalue weighted by molar-refractivity contribution is -0.169. The average molecular weight is 434 g/mol. The van der Waals surface area contributed by atoms with Gasteiger partial charge < -0.3 is 19.5 Å². The first-order valence-corrected chi connectivity index (χ1v) is 9.91. The summed E-state index contributed by atoms with van der Waals surface area (Å²) < 4.78 is 15.4. The van der Waals surface area contributed by atoms with Gasteiger partial charge >= 0.3 is 18.0 Å². The highest BCUT2D eigenvalue weighted by molar-refractivity contribution is 6.17. The largest absolute Gasteiger partial charge is 0.446 e. The summed E-state index contributed by atoms with van der Waals surface area (Å²) >= 11 is 5.47. The quantitative estimate of drug-likeness (QED) is 0.365. The van der Waals surface area contributed by atoms with Crippen LogP contribution in [0.4, 0.5) is 4.79 Å². The second-order valence-electron chi connectivity index (χ2n) is 6.73. The van der Waals surface area contributed by atoms with Crippen LogP contribution in [0.25, 0.3) is 0 Å². The van der Waals surface area contributed by atoms with Gasteiger partial charge in [0.05, 0.1) is 0 Å². The number of benzene rings is 2. The molecule has 8 heteroatoms. The fraction of sp³-hybridized carbons (Fsp3) is 0.318. The topological polar surface area (TPSA) is 90.9 Å². The Kier molecular flexibility index (Phi) is 9.15. The van der Waals surface area contributed by atoms with E-state index in [1.54, 1.807) is 44.2 Å². The van der Waals surface area contributed by atoms with Crippen molar-refractivity contribution in [1.29, 1.82) is 0 Å². The van der Waals surface area contributed by atoms with Crippen molar-refractivity contribution in [2.75, 3.05) is 6.07 Å². The lowest BCUT2D eigenvalue weighted by atomic mass is 10.0. The monoisotopic (exact) mass is 433 g/mol. The van der Waals surface area contributed by atoms with Crippen LogP contribution in [0.2, 0.25) is 0 Å². The van der Waals surface area contributed by atoms with Crippen molar-refractivity contribution in [2.45, 2.75) is 32.6 Å². The number of halogens is 1. The number of carbonyl (C=O) groups is 3. The summed E-state index contributed by atoms with van der Waals surface area (Å²) in [7, 11) is 0. The van der Waals surface area contributed by atoms with Crippen molar-refractivity contribution in [2.24, 2.45) is 5.92 Å². The van der Waals surface area contributed by atoms with E-state index in [4.69, 9.17) is 25.8 Å². The molecule has 30 heavy (non-hydrogen) atoms. The number of rotatable bonds is 9. The van der Waals surface area contributed by atoms with Crippen LogP contribution in [0.1, 0.15) is 31.1 Å². The van der Waals surface area contributed by atoms with Crippen LogP contribution in [0.15, 0.2) is 60.7 Å². The predicted octanol–water partition coefficient (Wildman–Crippen LogP) is 3.96. The second-order valence-corrected chi connectivity index (χ2v) is 6.95. The van der Waals surface area contributed by atoms with Gasteiger partial charge in [-0.25, -0.2) is 14.4 Å². The molecule has 0 heterocycles. The van der Waals surface area contributed by atoms with Crippen molar-refractivity contribution in [1.82, 2.24) is 5.32 Å². The lowest BCUT2D eigenvalue weighted by Crippen LogP contribution is -2.46. The molecule has 0 aliphatic rings. The Bertz CT molecular complexity index is 828. The Hall–Kier alpha value is -3.06. The molecule has 0 radical (unpaired) electrons. The summed E-state index contributed by atoms with van der Waals surface area (Å²) in [6, 6.07) is 16.1. The standard InChI is InChI=1S/C22H24ClNO6/c1-15(2)18(24-22(27)28-13-16-9-5-3-6-10-16)20(25)30-19(21(26)29-14-23)17-11-7-4-8-12-17/h3-12,15,18-19H,13-14H2,1-2H3,(H,24,27)/t18-,19?/m0/s1. The third kappa shape index (κ3) is 7.08. The molecular weight excluding hydrogens is 410 g/mol. The van der Waals surface area contributed by atoms with Crippen LogP contribution >= 0.6 is 11.6 Å². The first kappa shape index (κ1) is 23.2. The van der Waals surface area contributed by atoms with Crippen molar-refractivity contribution in [3.63, 3.8) is 0 Å². The molecule has 0 saturated heterocycles. The van der Waals surface area contributed by atoms with Gasteiger partial charge in [0.25, 0.3) is 0 Å². The van der Waals surface area contributed by atoms with Crippen LogP contribution in [0.3, 0.4) is 0 Å². The summed E-state index contributed by atoms with van der Waals surface area (Å²) in [6.07, 6.45) is -2.07. The molecule has 1 unspecified atom stereocenters. The minimum absolute atomic E-state index is 0.0568.